The second-order valence-electron chi connectivity index (χ2n) is 11.8. The zero-order valence-electron chi connectivity index (χ0n) is 22.9. The molecule has 1 saturated heterocycles. The molecule has 1 aromatic carbocycles. The lowest BCUT2D eigenvalue weighted by atomic mass is 9.71. The maximum absolute atomic E-state index is 14.9. The van der Waals surface area contributed by atoms with Crippen LogP contribution < -0.4 is 4.90 Å². The summed E-state index contributed by atoms with van der Waals surface area (Å²) in [6, 6.07) is 12.3. The standard InChI is InChI=1S/C30H31F3N6O2S/c31-25-2-1-11-36-28(25)39-18-24(20-3-5-21(6-4-20)38-12-14-42(35,41)15-13-38)27(37-39)23-16-30(32,33)8-7-22(23)26(40)17-29(19-34)9-10-29/h1-6,11,18,22-23,35H,7-10,12-17H2/t22-,23-/m1/s1. The number of hydrogen-bond acceptors (Lipinski definition) is 7. The first-order valence-corrected chi connectivity index (χ1v) is 16.0. The molecule has 220 valence electrons. The van der Waals surface area contributed by atoms with E-state index in [1.165, 1.54) is 23.0 Å². The van der Waals surface area contributed by atoms with Crippen LogP contribution >= 0.6 is 0 Å². The Labute approximate surface area is 242 Å². The highest BCUT2D eigenvalue weighted by Gasteiger charge is 2.50. The number of nitriles is 1. The first kappa shape index (κ1) is 28.4. The van der Waals surface area contributed by atoms with Gasteiger partial charge in [-0.25, -0.2) is 27.0 Å². The molecule has 1 aliphatic heterocycles. The SMILES string of the molecule is N#CC1(CC(=O)[C@@H]2CCC(F)(F)C[C@H]2c2nn(-c3ncccc3F)cc2-c2ccc(N3CCS(=N)(=O)CC3)cc2)CC1. The fourth-order valence-corrected chi connectivity index (χ4v) is 7.36. The van der Waals surface area contributed by atoms with Crippen LogP contribution in [0.25, 0.3) is 16.9 Å². The smallest absolute Gasteiger partial charge is 0.248 e. The van der Waals surface area contributed by atoms with E-state index in [0.717, 1.165) is 5.69 Å². The fraction of sp³-hybridized carbons (Fsp3) is 0.467. The van der Waals surface area contributed by atoms with Gasteiger partial charge in [-0.15, -0.1) is 0 Å². The number of anilines is 1. The molecule has 3 aromatic rings. The van der Waals surface area contributed by atoms with Gasteiger partial charge in [0.15, 0.2) is 11.6 Å². The minimum absolute atomic E-state index is 0.0185. The number of aromatic nitrogens is 3. The molecule has 1 N–H and O–H groups in total. The third-order valence-corrected chi connectivity index (χ3v) is 10.5. The third-order valence-electron chi connectivity index (χ3n) is 8.82. The molecule has 2 atom stereocenters. The van der Waals surface area contributed by atoms with E-state index >= 15 is 0 Å². The number of carbonyl (C=O) groups excluding carboxylic acids is 1. The summed E-state index contributed by atoms with van der Waals surface area (Å²) in [7, 11) is -2.55. The minimum atomic E-state index is -3.00. The van der Waals surface area contributed by atoms with E-state index in [9.17, 15) is 27.4 Å². The Bertz CT molecular complexity index is 1650. The first-order valence-electron chi connectivity index (χ1n) is 14.1. The average molecular weight is 597 g/mol. The highest BCUT2D eigenvalue weighted by atomic mass is 32.2. The van der Waals surface area contributed by atoms with Crippen molar-refractivity contribution in [2.45, 2.75) is 50.4 Å². The number of nitrogens with one attached hydrogen (secondary N) is 1. The molecule has 8 nitrogen and oxygen atoms in total. The Morgan fingerprint density at radius 3 is 2.50 bits per heavy atom. The molecule has 0 spiro atoms. The Morgan fingerprint density at radius 1 is 1.14 bits per heavy atom. The normalized spacial score (nSPS) is 24.1. The van der Waals surface area contributed by atoms with Crippen molar-refractivity contribution in [2.75, 3.05) is 29.5 Å². The number of Topliss-reactive ketones (excluding diaryl/α,β-unsaturated/α-hetero) is 1. The van der Waals surface area contributed by atoms with Crippen molar-refractivity contribution in [1.82, 2.24) is 14.8 Å². The Balaban J connectivity index is 1.39. The van der Waals surface area contributed by atoms with Crippen LogP contribution in [0.15, 0.2) is 48.8 Å². The topological polar surface area (TPSA) is 116 Å². The van der Waals surface area contributed by atoms with E-state index in [0.29, 0.717) is 48.6 Å². The monoisotopic (exact) mass is 596 g/mol. The molecule has 3 heterocycles. The zero-order valence-corrected chi connectivity index (χ0v) is 23.8. The Morgan fingerprint density at radius 2 is 1.86 bits per heavy atom. The molecule has 0 amide bonds. The molecule has 2 saturated carbocycles. The van der Waals surface area contributed by atoms with Crippen molar-refractivity contribution >= 4 is 21.2 Å². The predicted octanol–water partition coefficient (Wildman–Crippen LogP) is 5.72. The van der Waals surface area contributed by atoms with Gasteiger partial charge in [-0.1, -0.05) is 12.1 Å². The molecule has 0 unspecified atom stereocenters. The zero-order chi connectivity index (χ0) is 29.7. The summed E-state index contributed by atoms with van der Waals surface area (Å²) in [5, 5.41) is 14.2. The van der Waals surface area contributed by atoms with Crippen molar-refractivity contribution in [3.63, 3.8) is 0 Å². The summed E-state index contributed by atoms with van der Waals surface area (Å²) in [6.07, 6.45) is 3.27. The van der Waals surface area contributed by atoms with Crippen molar-refractivity contribution < 1.29 is 22.2 Å². The lowest BCUT2D eigenvalue weighted by Crippen LogP contribution is -2.39. The van der Waals surface area contributed by atoms with Gasteiger partial charge in [0.1, 0.15) is 5.78 Å². The van der Waals surface area contributed by atoms with Crippen LogP contribution in [0.5, 0.6) is 0 Å². The fourth-order valence-electron chi connectivity index (χ4n) is 6.13. The van der Waals surface area contributed by atoms with Crippen molar-refractivity contribution in [3.05, 3.63) is 60.3 Å². The lowest BCUT2D eigenvalue weighted by Gasteiger charge is -2.35. The number of rotatable bonds is 7. The van der Waals surface area contributed by atoms with E-state index in [1.54, 1.807) is 6.20 Å². The second kappa shape index (κ2) is 10.5. The van der Waals surface area contributed by atoms with Crippen LogP contribution in [0.3, 0.4) is 0 Å². The highest BCUT2D eigenvalue weighted by Crippen LogP contribution is 2.52. The van der Waals surface area contributed by atoms with Crippen LogP contribution in [-0.2, 0) is 14.5 Å². The molecule has 12 heteroatoms. The van der Waals surface area contributed by atoms with Crippen LogP contribution in [0, 0.1) is 33.3 Å². The molecule has 6 rings (SSSR count). The molecule has 0 radical (unpaired) electrons. The quantitative estimate of drug-likeness (QED) is 0.373. The van der Waals surface area contributed by atoms with Gasteiger partial charge in [-0.2, -0.15) is 10.4 Å². The van der Waals surface area contributed by atoms with Crippen LogP contribution in [-0.4, -0.2) is 55.3 Å². The van der Waals surface area contributed by atoms with Crippen molar-refractivity contribution in [2.24, 2.45) is 11.3 Å². The van der Waals surface area contributed by atoms with E-state index in [2.05, 4.69) is 16.2 Å². The largest absolute Gasteiger partial charge is 0.370 e. The number of nitrogens with zero attached hydrogens (tertiary/aromatic N) is 5. The Kier molecular flexibility index (Phi) is 7.12. The molecule has 42 heavy (non-hydrogen) atoms. The number of hydrogen-bond donors (Lipinski definition) is 1. The van der Waals surface area contributed by atoms with Crippen LogP contribution in [0.1, 0.15) is 50.1 Å². The van der Waals surface area contributed by atoms with Gasteiger partial charge in [0.05, 0.1) is 17.2 Å². The molecule has 3 aliphatic rings. The number of pyridine rings is 1. The summed E-state index contributed by atoms with van der Waals surface area (Å²) < 4.78 is 65.8. The van der Waals surface area contributed by atoms with E-state index in [-0.39, 0.29) is 30.1 Å². The lowest BCUT2D eigenvalue weighted by molar-refractivity contribution is -0.129. The van der Waals surface area contributed by atoms with E-state index in [4.69, 9.17) is 4.78 Å². The minimum Gasteiger partial charge on any atom is -0.370 e. The predicted molar refractivity (Wildman–Crippen MR) is 151 cm³/mol. The molecule has 0 bridgehead atoms. The number of halogens is 3. The van der Waals surface area contributed by atoms with Crippen molar-refractivity contribution in [1.29, 1.82) is 10.0 Å². The average Bonchev–Trinajstić information content (AvgIpc) is 3.59. The number of ketones is 1. The summed E-state index contributed by atoms with van der Waals surface area (Å²) >= 11 is 0. The molecule has 2 aliphatic carbocycles. The molecule has 2 aromatic heterocycles. The van der Waals surface area contributed by atoms with Gasteiger partial charge in [0, 0.05) is 89.1 Å². The van der Waals surface area contributed by atoms with Gasteiger partial charge >= 0.3 is 0 Å². The number of alkyl halides is 2. The molecular weight excluding hydrogens is 565 g/mol. The summed E-state index contributed by atoms with van der Waals surface area (Å²) in [6.45, 7) is 0.990. The molecule has 3 fully saturated rings. The second-order valence-corrected chi connectivity index (χ2v) is 14.2. The third kappa shape index (κ3) is 5.67. The van der Waals surface area contributed by atoms with Gasteiger partial charge in [-0.05, 0) is 49.1 Å². The van der Waals surface area contributed by atoms with E-state index < -0.39 is 51.6 Å². The van der Waals surface area contributed by atoms with E-state index in [1.807, 2.05) is 29.2 Å². The van der Waals surface area contributed by atoms with Crippen molar-refractivity contribution in [3.8, 4) is 23.0 Å². The van der Waals surface area contributed by atoms with Crippen LogP contribution in [0.2, 0.25) is 0 Å². The summed E-state index contributed by atoms with van der Waals surface area (Å²) in [5.74, 6) is -4.99. The van der Waals surface area contributed by atoms with Gasteiger partial charge < -0.3 is 4.90 Å². The maximum atomic E-state index is 14.9. The van der Waals surface area contributed by atoms with Gasteiger partial charge in [0.2, 0.25) is 5.92 Å². The highest BCUT2D eigenvalue weighted by molar-refractivity contribution is 7.92. The Hall–Kier alpha value is -3.72. The molecular formula is C30H31F3N6O2S. The number of benzene rings is 1. The summed E-state index contributed by atoms with van der Waals surface area (Å²) in [4.78, 5) is 19.7. The first-order chi connectivity index (χ1) is 20.0. The number of carbonyl (C=O) groups is 1. The summed E-state index contributed by atoms with van der Waals surface area (Å²) in [5.41, 5.74) is 1.62. The van der Waals surface area contributed by atoms with Crippen LogP contribution in [0.4, 0.5) is 18.9 Å². The van der Waals surface area contributed by atoms with Gasteiger partial charge in [-0.3, -0.25) is 9.57 Å². The maximum Gasteiger partial charge on any atom is 0.248 e. The van der Waals surface area contributed by atoms with Gasteiger partial charge in [0.25, 0.3) is 0 Å².